The van der Waals surface area contributed by atoms with E-state index >= 15 is 0 Å². The van der Waals surface area contributed by atoms with E-state index in [1.54, 1.807) is 26.1 Å². The van der Waals surface area contributed by atoms with Gasteiger partial charge < -0.3 is 10.6 Å². The summed E-state index contributed by atoms with van der Waals surface area (Å²) >= 11 is 0. The lowest BCUT2D eigenvalue weighted by Crippen LogP contribution is -2.45. The van der Waals surface area contributed by atoms with E-state index in [1.807, 2.05) is 20.8 Å². The fourth-order valence-corrected chi connectivity index (χ4v) is 1.85. The van der Waals surface area contributed by atoms with Gasteiger partial charge in [0.1, 0.15) is 5.82 Å². The van der Waals surface area contributed by atoms with Crippen molar-refractivity contribution in [3.8, 4) is 0 Å². The van der Waals surface area contributed by atoms with Crippen molar-refractivity contribution in [1.82, 2.24) is 10.6 Å². The van der Waals surface area contributed by atoms with Crippen LogP contribution in [0.4, 0.5) is 4.39 Å². The first-order valence-electron chi connectivity index (χ1n) is 6.49. The Morgan fingerprint density at radius 1 is 1.21 bits per heavy atom. The van der Waals surface area contributed by atoms with Crippen LogP contribution in [0.1, 0.15) is 39.3 Å². The molecule has 0 aliphatic carbocycles. The largest absolute Gasteiger partial charge is 0.347 e. The summed E-state index contributed by atoms with van der Waals surface area (Å²) in [6.45, 7) is 7.95. The van der Waals surface area contributed by atoms with Gasteiger partial charge in [-0.1, -0.05) is 32.9 Å². The molecule has 106 valence electrons. The molecule has 1 rings (SSSR count). The van der Waals surface area contributed by atoms with Crippen LogP contribution in [0, 0.1) is 11.2 Å². The van der Waals surface area contributed by atoms with E-state index in [0.29, 0.717) is 0 Å². The normalized spacial score (nSPS) is 14.8. The quantitative estimate of drug-likeness (QED) is 0.879. The maximum absolute atomic E-state index is 13.0. The number of halogens is 1. The van der Waals surface area contributed by atoms with Crippen molar-refractivity contribution in [2.45, 2.75) is 39.8 Å². The Kier molecular flexibility index (Phi) is 5.06. The number of nitrogens with one attached hydrogen (secondary N) is 2. The lowest BCUT2D eigenvalue weighted by molar-refractivity contribution is -0.124. The molecule has 2 N–H and O–H groups in total. The molecule has 3 nitrogen and oxygen atoms in total. The van der Waals surface area contributed by atoms with E-state index in [4.69, 9.17) is 0 Å². The lowest BCUT2D eigenvalue weighted by atomic mass is 9.82. The standard InChI is InChI=1S/C15H23FN2O/c1-10(17-5)14(19)18-13(15(2,3)4)11-6-8-12(16)9-7-11/h6-10,13,17H,1-5H3,(H,18,19). The summed E-state index contributed by atoms with van der Waals surface area (Å²) in [5.74, 6) is -0.335. The molecule has 2 unspecified atom stereocenters. The number of likely N-dealkylation sites (N-methyl/N-ethyl adjacent to an activating group) is 1. The van der Waals surface area contributed by atoms with Crippen molar-refractivity contribution >= 4 is 5.91 Å². The zero-order chi connectivity index (χ0) is 14.6. The lowest BCUT2D eigenvalue weighted by Gasteiger charge is -2.32. The zero-order valence-electron chi connectivity index (χ0n) is 12.3. The third-order valence-corrected chi connectivity index (χ3v) is 3.18. The van der Waals surface area contributed by atoms with Gasteiger partial charge in [0.15, 0.2) is 0 Å². The molecule has 0 spiro atoms. The highest BCUT2D eigenvalue weighted by atomic mass is 19.1. The Balaban J connectivity index is 2.97. The van der Waals surface area contributed by atoms with Gasteiger partial charge in [0.25, 0.3) is 0 Å². The molecule has 0 saturated carbocycles. The number of hydrogen-bond acceptors (Lipinski definition) is 2. The van der Waals surface area contributed by atoms with Crippen LogP contribution in [0.3, 0.4) is 0 Å². The Morgan fingerprint density at radius 2 is 1.74 bits per heavy atom. The Hall–Kier alpha value is -1.42. The molecular formula is C15H23FN2O. The highest BCUT2D eigenvalue weighted by molar-refractivity contribution is 5.81. The molecule has 0 aliphatic rings. The molecule has 0 saturated heterocycles. The van der Waals surface area contributed by atoms with Crippen LogP contribution < -0.4 is 10.6 Å². The van der Waals surface area contributed by atoms with Gasteiger partial charge in [0.2, 0.25) is 5.91 Å². The first-order valence-corrected chi connectivity index (χ1v) is 6.49. The van der Waals surface area contributed by atoms with Crippen LogP contribution in [0.15, 0.2) is 24.3 Å². The first kappa shape index (κ1) is 15.6. The van der Waals surface area contributed by atoms with Crippen molar-refractivity contribution in [2.24, 2.45) is 5.41 Å². The second kappa shape index (κ2) is 6.15. The van der Waals surface area contributed by atoms with Crippen molar-refractivity contribution in [3.05, 3.63) is 35.6 Å². The van der Waals surface area contributed by atoms with E-state index in [-0.39, 0.29) is 29.2 Å². The third-order valence-electron chi connectivity index (χ3n) is 3.18. The van der Waals surface area contributed by atoms with E-state index in [1.165, 1.54) is 12.1 Å². The molecule has 0 heterocycles. The predicted molar refractivity (Wildman–Crippen MR) is 75.3 cm³/mol. The molecule has 1 aromatic rings. The highest BCUT2D eigenvalue weighted by Gasteiger charge is 2.28. The van der Waals surface area contributed by atoms with Crippen molar-refractivity contribution in [3.63, 3.8) is 0 Å². The van der Waals surface area contributed by atoms with Crippen molar-refractivity contribution in [1.29, 1.82) is 0 Å². The number of rotatable bonds is 4. The molecule has 0 aromatic heterocycles. The minimum absolute atomic E-state index is 0.0632. The summed E-state index contributed by atoms with van der Waals surface area (Å²) < 4.78 is 13.0. The Bertz CT molecular complexity index is 423. The average molecular weight is 266 g/mol. The topological polar surface area (TPSA) is 41.1 Å². The predicted octanol–water partition coefficient (Wildman–Crippen LogP) is 2.64. The van der Waals surface area contributed by atoms with Gasteiger partial charge in [-0.2, -0.15) is 0 Å². The van der Waals surface area contributed by atoms with Crippen LogP contribution in [0.25, 0.3) is 0 Å². The fraction of sp³-hybridized carbons (Fsp3) is 0.533. The van der Waals surface area contributed by atoms with Gasteiger partial charge in [-0.3, -0.25) is 4.79 Å². The van der Waals surface area contributed by atoms with Gasteiger partial charge >= 0.3 is 0 Å². The van der Waals surface area contributed by atoms with E-state index in [2.05, 4.69) is 10.6 Å². The highest BCUT2D eigenvalue weighted by Crippen LogP contribution is 2.32. The summed E-state index contributed by atoms with van der Waals surface area (Å²) in [5.41, 5.74) is 0.756. The maximum Gasteiger partial charge on any atom is 0.237 e. The fourth-order valence-electron chi connectivity index (χ4n) is 1.85. The second-order valence-electron chi connectivity index (χ2n) is 5.87. The van der Waals surface area contributed by atoms with Gasteiger partial charge in [-0.15, -0.1) is 0 Å². The van der Waals surface area contributed by atoms with Gasteiger partial charge in [0.05, 0.1) is 12.1 Å². The number of benzene rings is 1. The summed E-state index contributed by atoms with van der Waals surface area (Å²) in [7, 11) is 1.74. The SMILES string of the molecule is CNC(C)C(=O)NC(c1ccc(F)cc1)C(C)(C)C. The van der Waals surface area contributed by atoms with Gasteiger partial charge in [-0.05, 0) is 37.1 Å². The second-order valence-corrected chi connectivity index (χ2v) is 5.87. The van der Waals surface area contributed by atoms with Crippen LogP contribution in [-0.2, 0) is 4.79 Å². The van der Waals surface area contributed by atoms with E-state index in [0.717, 1.165) is 5.56 Å². The van der Waals surface area contributed by atoms with Gasteiger partial charge in [-0.25, -0.2) is 4.39 Å². The smallest absolute Gasteiger partial charge is 0.237 e. The van der Waals surface area contributed by atoms with Crippen molar-refractivity contribution in [2.75, 3.05) is 7.05 Å². The Morgan fingerprint density at radius 3 is 2.16 bits per heavy atom. The van der Waals surface area contributed by atoms with Crippen molar-refractivity contribution < 1.29 is 9.18 Å². The number of hydrogen-bond donors (Lipinski definition) is 2. The Labute approximate surface area is 114 Å². The van der Waals surface area contributed by atoms with Crippen LogP contribution in [-0.4, -0.2) is 19.0 Å². The summed E-state index contributed by atoms with van der Waals surface area (Å²) in [6.07, 6.45) is 0. The molecular weight excluding hydrogens is 243 g/mol. The monoisotopic (exact) mass is 266 g/mol. The third kappa shape index (κ3) is 4.31. The average Bonchev–Trinajstić information content (AvgIpc) is 2.34. The molecule has 2 atom stereocenters. The molecule has 1 aromatic carbocycles. The van der Waals surface area contributed by atoms with E-state index < -0.39 is 0 Å². The zero-order valence-corrected chi connectivity index (χ0v) is 12.3. The molecule has 0 bridgehead atoms. The minimum Gasteiger partial charge on any atom is -0.347 e. The van der Waals surface area contributed by atoms with Crippen LogP contribution in [0.2, 0.25) is 0 Å². The first-order chi connectivity index (χ1) is 8.75. The van der Waals surface area contributed by atoms with Gasteiger partial charge in [0, 0.05) is 0 Å². The maximum atomic E-state index is 13.0. The van der Waals surface area contributed by atoms with E-state index in [9.17, 15) is 9.18 Å². The number of carbonyl (C=O) groups excluding carboxylic acids is 1. The summed E-state index contributed by atoms with van der Waals surface area (Å²) in [6, 6.07) is 5.86. The summed E-state index contributed by atoms with van der Waals surface area (Å²) in [4.78, 5) is 12.0. The number of carbonyl (C=O) groups is 1. The molecule has 19 heavy (non-hydrogen) atoms. The molecule has 0 fully saturated rings. The molecule has 0 radical (unpaired) electrons. The van der Waals surface area contributed by atoms with Crippen LogP contribution in [0.5, 0.6) is 0 Å². The minimum atomic E-state index is -0.272. The van der Waals surface area contributed by atoms with Crippen LogP contribution >= 0.6 is 0 Å². The molecule has 1 amide bonds. The number of amides is 1. The summed E-state index contributed by atoms with van der Waals surface area (Å²) in [5, 5.41) is 5.93. The molecule has 4 heteroatoms. The molecule has 0 aliphatic heterocycles.